The summed E-state index contributed by atoms with van der Waals surface area (Å²) in [5.74, 6) is 3.05. The first kappa shape index (κ1) is 63.8. The van der Waals surface area contributed by atoms with E-state index in [0.29, 0.717) is 11.8 Å². The van der Waals surface area contributed by atoms with Crippen molar-refractivity contribution in [3.05, 3.63) is 286 Å². The summed E-state index contributed by atoms with van der Waals surface area (Å²) < 4.78 is 0. The number of hydrogen-bond donors (Lipinski definition) is 0. The van der Waals surface area contributed by atoms with Crippen molar-refractivity contribution in [2.24, 2.45) is 5.92 Å². The Morgan fingerprint density at radius 1 is 0.372 bits per heavy atom. The Bertz CT molecular complexity index is 3380. The van der Waals surface area contributed by atoms with Crippen LogP contribution in [0.2, 0.25) is 0 Å². The summed E-state index contributed by atoms with van der Waals surface area (Å²) in [6.45, 7) is 20.7. The van der Waals surface area contributed by atoms with Gasteiger partial charge in [-0.25, -0.2) is 0 Å². The van der Waals surface area contributed by atoms with Crippen LogP contribution in [0.5, 0.6) is 0 Å². The van der Waals surface area contributed by atoms with E-state index in [1.165, 1.54) is 120 Å². The minimum atomic E-state index is -0.338. The molecule has 2 unspecified atom stereocenters. The van der Waals surface area contributed by atoms with Crippen LogP contribution in [0.3, 0.4) is 0 Å². The standard InChI is InChI=1S/C33H23.C33H29.4C2H6.2CH4.2Y/c1-22-25-16-8-9-17-26(25)29-21-32-30(20-28(22)29)27-18-10-11-19-31(27)33(32,23-12-4-2-5-13-23)24-14-6-3-7-15-24;1-22-25-16-8-9-17-26(25)28-20-21-29-27-18-10-11-19-30(27)33(32(29)31(22)28,23-12-4-2-5-13-23)24-14-6-3-7-15-24;4*1-2;;;;/h2-21H,1H3;2-7,10-15,18-21,25-26H,8-9,16-17H2,1H3;4*1-2H3;2*1H4;;/q2*-1;;;;;;;;. The van der Waals surface area contributed by atoms with Crippen LogP contribution in [0.15, 0.2) is 218 Å². The summed E-state index contributed by atoms with van der Waals surface area (Å²) in [5, 5.41) is 5.42. The molecule has 10 aromatic carbocycles. The monoisotopic (exact) mass is 1170 g/mol. The molecule has 78 heavy (non-hydrogen) atoms. The van der Waals surface area contributed by atoms with Gasteiger partial charge in [-0.2, -0.15) is 11.5 Å². The number of aryl methyl sites for hydroxylation is 1. The molecule has 0 heterocycles. The molecule has 0 aliphatic heterocycles. The van der Waals surface area contributed by atoms with Gasteiger partial charge in [0.25, 0.3) is 0 Å². The van der Waals surface area contributed by atoms with Gasteiger partial charge in [-0.3, -0.25) is 0 Å². The average molecular weight is 1180 g/mol. The Balaban J connectivity index is 0.000000244. The molecule has 0 bridgehead atoms. The molecule has 0 N–H and O–H groups in total. The van der Waals surface area contributed by atoms with E-state index in [2.05, 4.69) is 232 Å². The molecule has 0 nitrogen and oxygen atoms in total. The van der Waals surface area contributed by atoms with Gasteiger partial charge in [0, 0.05) is 70.8 Å². The first-order valence-corrected chi connectivity index (χ1v) is 28.2. The third-order valence-corrected chi connectivity index (χ3v) is 16.4. The molecule has 1 fully saturated rings. The molecule has 4 aliphatic carbocycles. The molecule has 396 valence electrons. The minimum Gasteiger partial charge on any atom is -0.180 e. The Morgan fingerprint density at radius 2 is 0.795 bits per heavy atom. The molecule has 0 aromatic heterocycles. The molecule has 14 rings (SSSR count). The molecular weight excluding hydrogens is 1090 g/mol. The van der Waals surface area contributed by atoms with Crippen LogP contribution < -0.4 is 0 Å². The molecule has 2 heteroatoms. The van der Waals surface area contributed by atoms with E-state index >= 15 is 0 Å². The van der Waals surface area contributed by atoms with Crippen LogP contribution in [-0.2, 0) is 76.2 Å². The first-order valence-electron chi connectivity index (χ1n) is 28.2. The zero-order valence-electron chi connectivity index (χ0n) is 46.9. The summed E-state index contributed by atoms with van der Waals surface area (Å²) in [6.07, 6.45) is 5.42. The maximum Gasteiger partial charge on any atom is 0.0700 e. The normalized spacial score (nSPS) is 15.4. The zero-order valence-corrected chi connectivity index (χ0v) is 52.6. The van der Waals surface area contributed by atoms with Crippen LogP contribution >= 0.6 is 0 Å². The fourth-order valence-electron chi connectivity index (χ4n) is 13.7. The van der Waals surface area contributed by atoms with Crippen molar-refractivity contribution in [3.63, 3.8) is 0 Å². The van der Waals surface area contributed by atoms with Gasteiger partial charge in [0.15, 0.2) is 0 Å². The van der Waals surface area contributed by atoms with Crippen molar-refractivity contribution in [1.82, 2.24) is 0 Å². The van der Waals surface area contributed by atoms with Crippen LogP contribution in [0.4, 0.5) is 0 Å². The summed E-state index contributed by atoms with van der Waals surface area (Å²) >= 11 is 0. The van der Waals surface area contributed by atoms with Gasteiger partial charge in [-0.15, -0.1) is 56.4 Å². The predicted molar refractivity (Wildman–Crippen MR) is 334 cm³/mol. The molecule has 2 radical (unpaired) electrons. The van der Waals surface area contributed by atoms with Crippen LogP contribution in [-0.4, -0.2) is 0 Å². The van der Waals surface area contributed by atoms with Gasteiger partial charge in [0.2, 0.25) is 0 Å². The second kappa shape index (κ2) is 28.4. The molecule has 2 atom stereocenters. The average Bonchev–Trinajstić information content (AvgIpc) is 4.22. The molecule has 10 aromatic rings. The van der Waals surface area contributed by atoms with Crippen LogP contribution in [0.25, 0.3) is 43.8 Å². The van der Waals surface area contributed by atoms with Crippen molar-refractivity contribution in [1.29, 1.82) is 0 Å². The first-order chi connectivity index (χ1) is 36.6. The third-order valence-electron chi connectivity index (χ3n) is 16.4. The molecule has 1 saturated carbocycles. The summed E-state index contributed by atoms with van der Waals surface area (Å²) in [6, 6.07) is 81.4. The Hall–Kier alpha value is -5.07. The number of rotatable bonds is 4. The van der Waals surface area contributed by atoms with E-state index in [-0.39, 0.29) is 91.1 Å². The van der Waals surface area contributed by atoms with Gasteiger partial charge in [0.1, 0.15) is 0 Å². The molecule has 0 amide bonds. The number of benzene rings is 9. The van der Waals surface area contributed by atoms with Crippen molar-refractivity contribution in [3.8, 4) is 22.3 Å². The minimum absolute atomic E-state index is 0. The maximum absolute atomic E-state index is 2.49. The summed E-state index contributed by atoms with van der Waals surface area (Å²) in [7, 11) is 0. The van der Waals surface area contributed by atoms with Crippen LogP contribution in [0.1, 0.15) is 170 Å². The van der Waals surface area contributed by atoms with E-state index in [1.807, 2.05) is 55.4 Å². The van der Waals surface area contributed by atoms with Crippen molar-refractivity contribution < 1.29 is 65.4 Å². The molecule has 0 spiro atoms. The topological polar surface area (TPSA) is 0 Å². The van der Waals surface area contributed by atoms with Gasteiger partial charge in [-0.05, 0) is 55.6 Å². The molecular formula is C76H84Y2-2. The van der Waals surface area contributed by atoms with E-state index in [4.69, 9.17) is 0 Å². The fraction of sp³-hybridized carbons (Fsp3) is 0.263. The molecule has 0 saturated heterocycles. The number of fused-ring (bicyclic) bond motifs is 13. The quantitative estimate of drug-likeness (QED) is 0.154. The SMILES string of the molecule is C.C.CC.CC.CC.CC.C[C-]1c2c(ccc3c2C(c2ccccc2)(c2ccccc2)c2ccccc2-3)C2CCCCC12.C[c-]1c2ccccc2c2cc3c(cc21)-c1ccccc1C3(c1ccccc1)c1ccccc1.[Y].[Y]. The second-order valence-corrected chi connectivity index (χ2v) is 19.3. The van der Waals surface area contributed by atoms with Gasteiger partial charge in [0.05, 0.1) is 5.41 Å². The van der Waals surface area contributed by atoms with Crippen LogP contribution in [0, 0.1) is 18.8 Å². The van der Waals surface area contributed by atoms with Crippen molar-refractivity contribution in [2.75, 3.05) is 0 Å². The van der Waals surface area contributed by atoms with E-state index in [1.54, 1.807) is 17.0 Å². The van der Waals surface area contributed by atoms with Gasteiger partial charge >= 0.3 is 0 Å². The van der Waals surface area contributed by atoms with Crippen molar-refractivity contribution >= 4 is 21.5 Å². The van der Waals surface area contributed by atoms with E-state index in [0.717, 1.165) is 0 Å². The summed E-state index contributed by atoms with van der Waals surface area (Å²) in [4.78, 5) is 0. The van der Waals surface area contributed by atoms with Gasteiger partial charge in [-0.1, -0.05) is 327 Å². The largest absolute Gasteiger partial charge is 0.180 e. The maximum atomic E-state index is 2.49. The zero-order chi connectivity index (χ0) is 52.0. The Labute approximate surface area is 522 Å². The van der Waals surface area contributed by atoms with E-state index < -0.39 is 0 Å². The fourth-order valence-corrected chi connectivity index (χ4v) is 13.7. The summed E-state index contributed by atoms with van der Waals surface area (Å²) in [5.41, 5.74) is 20.5. The van der Waals surface area contributed by atoms with E-state index in [9.17, 15) is 0 Å². The smallest absolute Gasteiger partial charge is 0.0700 e. The molecule has 4 aliphatic rings. The second-order valence-electron chi connectivity index (χ2n) is 19.3. The Morgan fingerprint density at radius 3 is 1.32 bits per heavy atom. The van der Waals surface area contributed by atoms with Gasteiger partial charge < -0.3 is 0 Å². The third kappa shape index (κ3) is 10.3. The van der Waals surface area contributed by atoms with Crippen molar-refractivity contribution in [2.45, 2.75) is 127 Å². The predicted octanol–water partition coefficient (Wildman–Crippen LogP) is 22.0. The Kier molecular flexibility index (Phi) is 23.2. The number of hydrogen-bond acceptors (Lipinski definition) is 0.